The molecule has 0 aliphatic rings. The van der Waals surface area contributed by atoms with E-state index in [4.69, 9.17) is 0 Å². The van der Waals surface area contributed by atoms with Gasteiger partial charge in [0.2, 0.25) is 0 Å². The highest BCUT2D eigenvalue weighted by atomic mass is 15.1. The molecule has 1 heteroatoms. The van der Waals surface area contributed by atoms with Crippen LogP contribution < -0.4 is 4.90 Å². The van der Waals surface area contributed by atoms with Crippen molar-refractivity contribution in [2.24, 2.45) is 0 Å². The summed E-state index contributed by atoms with van der Waals surface area (Å²) in [5.74, 6) is 0. The van der Waals surface area contributed by atoms with Gasteiger partial charge >= 0.3 is 0 Å². The molecule has 0 saturated carbocycles. The predicted molar refractivity (Wildman–Crippen MR) is 93.3 cm³/mol. The number of benzene rings is 2. The minimum atomic E-state index is 1.10. The molecule has 0 saturated heterocycles. The van der Waals surface area contributed by atoms with Gasteiger partial charge in [0, 0.05) is 17.9 Å². The molecule has 0 spiro atoms. The van der Waals surface area contributed by atoms with Crippen LogP contribution in [0.3, 0.4) is 0 Å². The monoisotopic (exact) mass is 281 g/mol. The van der Waals surface area contributed by atoms with E-state index in [2.05, 4.69) is 72.5 Å². The molecule has 0 radical (unpaired) electrons. The highest BCUT2D eigenvalue weighted by molar-refractivity contribution is 5.62. The molecule has 0 amide bonds. The van der Waals surface area contributed by atoms with E-state index in [0.717, 1.165) is 6.54 Å². The van der Waals surface area contributed by atoms with Crippen LogP contribution in [0.4, 0.5) is 11.4 Å². The minimum Gasteiger partial charge on any atom is -0.341 e. The Morgan fingerprint density at radius 2 is 1.10 bits per heavy atom. The molecule has 1 nitrogen and oxygen atoms in total. The van der Waals surface area contributed by atoms with Crippen LogP contribution >= 0.6 is 0 Å². The van der Waals surface area contributed by atoms with Crippen LogP contribution in [0.1, 0.15) is 45.4 Å². The molecular weight excluding hydrogens is 254 g/mol. The number of nitrogens with zero attached hydrogens (tertiary/aromatic N) is 1. The number of hydrogen-bond acceptors (Lipinski definition) is 1. The molecule has 2 rings (SSSR count). The first-order chi connectivity index (χ1) is 10.4. The highest BCUT2D eigenvalue weighted by Gasteiger charge is 2.07. The zero-order valence-corrected chi connectivity index (χ0v) is 13.2. The van der Waals surface area contributed by atoms with Crippen LogP contribution in [0.25, 0.3) is 0 Å². The Bertz CT molecular complexity index is 438. The summed E-state index contributed by atoms with van der Waals surface area (Å²) in [5.41, 5.74) is 2.58. The van der Waals surface area contributed by atoms with Gasteiger partial charge in [-0.25, -0.2) is 0 Å². The standard InChI is InChI=1S/C20H27N/c1-2-3-4-5-6-13-18-21(19-14-9-7-10-15-19)20-16-11-8-12-17-20/h7-12,14-17H,2-6,13,18H2,1H3. The van der Waals surface area contributed by atoms with Crippen LogP contribution in [0.5, 0.6) is 0 Å². The quantitative estimate of drug-likeness (QED) is 0.496. The molecule has 0 aromatic heterocycles. The van der Waals surface area contributed by atoms with E-state index in [9.17, 15) is 0 Å². The van der Waals surface area contributed by atoms with Crippen molar-refractivity contribution in [2.75, 3.05) is 11.4 Å². The normalized spacial score (nSPS) is 10.5. The second-order valence-electron chi connectivity index (χ2n) is 5.59. The predicted octanol–water partition coefficient (Wildman–Crippen LogP) is 6.19. The lowest BCUT2D eigenvalue weighted by atomic mass is 10.1. The average molecular weight is 281 g/mol. The Balaban J connectivity index is 1.94. The van der Waals surface area contributed by atoms with Crippen molar-refractivity contribution in [3.63, 3.8) is 0 Å². The second kappa shape index (κ2) is 9.23. The van der Waals surface area contributed by atoms with Crippen molar-refractivity contribution in [3.05, 3.63) is 60.7 Å². The van der Waals surface area contributed by atoms with Crippen LogP contribution in [0.15, 0.2) is 60.7 Å². The number of unbranched alkanes of at least 4 members (excludes halogenated alkanes) is 5. The maximum atomic E-state index is 2.43. The van der Waals surface area contributed by atoms with Crippen molar-refractivity contribution in [1.29, 1.82) is 0 Å². The summed E-state index contributed by atoms with van der Waals surface area (Å²) in [6.07, 6.45) is 8.03. The first kappa shape index (κ1) is 15.6. The molecule has 2 aromatic rings. The average Bonchev–Trinajstić information content (AvgIpc) is 2.56. The summed E-state index contributed by atoms with van der Waals surface area (Å²) in [4.78, 5) is 2.43. The largest absolute Gasteiger partial charge is 0.341 e. The lowest BCUT2D eigenvalue weighted by Gasteiger charge is -2.25. The van der Waals surface area contributed by atoms with Gasteiger partial charge in [-0.3, -0.25) is 0 Å². The molecule has 0 aliphatic heterocycles. The topological polar surface area (TPSA) is 3.24 Å². The van der Waals surface area contributed by atoms with E-state index in [1.807, 2.05) is 0 Å². The van der Waals surface area contributed by atoms with Gasteiger partial charge in [0.05, 0.1) is 0 Å². The van der Waals surface area contributed by atoms with Gasteiger partial charge in [-0.1, -0.05) is 75.4 Å². The molecule has 0 atom stereocenters. The number of hydrogen-bond donors (Lipinski definition) is 0. The van der Waals surface area contributed by atoms with Crippen molar-refractivity contribution < 1.29 is 0 Å². The van der Waals surface area contributed by atoms with Gasteiger partial charge in [0.1, 0.15) is 0 Å². The van der Waals surface area contributed by atoms with Gasteiger partial charge in [-0.05, 0) is 30.7 Å². The van der Waals surface area contributed by atoms with Crippen molar-refractivity contribution >= 4 is 11.4 Å². The van der Waals surface area contributed by atoms with Crippen LogP contribution in [0, 0.1) is 0 Å². The summed E-state index contributed by atoms with van der Waals surface area (Å²) in [5, 5.41) is 0. The fourth-order valence-corrected chi connectivity index (χ4v) is 2.67. The van der Waals surface area contributed by atoms with Crippen LogP contribution in [-0.2, 0) is 0 Å². The second-order valence-corrected chi connectivity index (χ2v) is 5.59. The maximum absolute atomic E-state index is 2.43. The van der Waals surface area contributed by atoms with E-state index < -0.39 is 0 Å². The summed E-state index contributed by atoms with van der Waals surface area (Å²) in [6, 6.07) is 21.4. The Kier molecular flexibility index (Phi) is 6.87. The third-order valence-corrected chi connectivity index (χ3v) is 3.87. The fourth-order valence-electron chi connectivity index (χ4n) is 2.67. The van der Waals surface area contributed by atoms with Crippen LogP contribution in [-0.4, -0.2) is 6.54 Å². The SMILES string of the molecule is CCCCCCCCN(c1ccccc1)c1ccccc1. The van der Waals surface area contributed by atoms with E-state index >= 15 is 0 Å². The third-order valence-electron chi connectivity index (χ3n) is 3.87. The van der Waals surface area contributed by atoms with Gasteiger partial charge in [0.25, 0.3) is 0 Å². The van der Waals surface area contributed by atoms with Gasteiger partial charge < -0.3 is 4.90 Å². The molecule has 2 aromatic carbocycles. The van der Waals surface area contributed by atoms with Crippen molar-refractivity contribution in [2.45, 2.75) is 45.4 Å². The number of anilines is 2. The van der Waals surface area contributed by atoms with Crippen molar-refractivity contribution in [1.82, 2.24) is 0 Å². The van der Waals surface area contributed by atoms with Crippen LogP contribution in [0.2, 0.25) is 0 Å². The zero-order chi connectivity index (χ0) is 14.8. The number of rotatable bonds is 9. The van der Waals surface area contributed by atoms with Crippen molar-refractivity contribution in [3.8, 4) is 0 Å². The summed E-state index contributed by atoms with van der Waals surface area (Å²) < 4.78 is 0. The zero-order valence-electron chi connectivity index (χ0n) is 13.2. The van der Waals surface area contributed by atoms with E-state index in [-0.39, 0.29) is 0 Å². The van der Waals surface area contributed by atoms with Gasteiger partial charge in [-0.15, -0.1) is 0 Å². The molecule has 0 N–H and O–H groups in total. The van der Waals surface area contributed by atoms with Gasteiger partial charge in [-0.2, -0.15) is 0 Å². The van der Waals surface area contributed by atoms with E-state index in [1.54, 1.807) is 0 Å². The summed E-state index contributed by atoms with van der Waals surface area (Å²) in [6.45, 7) is 3.37. The highest BCUT2D eigenvalue weighted by Crippen LogP contribution is 2.25. The number of para-hydroxylation sites is 2. The molecular formula is C20H27N. The Labute approximate surface area is 129 Å². The Morgan fingerprint density at radius 3 is 1.62 bits per heavy atom. The molecule has 112 valence electrons. The molecule has 0 aliphatic carbocycles. The molecule has 0 heterocycles. The lowest BCUT2D eigenvalue weighted by molar-refractivity contribution is 0.609. The Hall–Kier alpha value is -1.76. The summed E-state index contributed by atoms with van der Waals surface area (Å²) in [7, 11) is 0. The lowest BCUT2D eigenvalue weighted by Crippen LogP contribution is -2.18. The minimum absolute atomic E-state index is 1.10. The molecule has 0 fully saturated rings. The third kappa shape index (κ3) is 5.26. The first-order valence-corrected chi connectivity index (χ1v) is 8.29. The molecule has 0 bridgehead atoms. The smallest absolute Gasteiger partial charge is 0.0410 e. The summed E-state index contributed by atoms with van der Waals surface area (Å²) >= 11 is 0. The van der Waals surface area contributed by atoms with E-state index in [0.29, 0.717) is 0 Å². The molecule has 21 heavy (non-hydrogen) atoms. The van der Waals surface area contributed by atoms with E-state index in [1.165, 1.54) is 49.9 Å². The maximum Gasteiger partial charge on any atom is 0.0410 e. The fraction of sp³-hybridized carbons (Fsp3) is 0.400. The first-order valence-electron chi connectivity index (χ1n) is 8.29. The Morgan fingerprint density at radius 1 is 0.619 bits per heavy atom. The van der Waals surface area contributed by atoms with Gasteiger partial charge in [0.15, 0.2) is 0 Å². The molecule has 0 unspecified atom stereocenters.